The van der Waals surface area contributed by atoms with Gasteiger partial charge >= 0.3 is 11.9 Å². The maximum atomic E-state index is 10.7. The van der Waals surface area contributed by atoms with E-state index in [2.05, 4.69) is 17.4 Å². The molecule has 1 atom stereocenters. The zero-order valence-corrected chi connectivity index (χ0v) is 8.67. The van der Waals surface area contributed by atoms with Gasteiger partial charge < -0.3 is 10.5 Å². The number of carbonyl (C=O) groups is 2. The fourth-order valence-corrected chi connectivity index (χ4v) is 0.594. The van der Waals surface area contributed by atoms with Gasteiger partial charge in [-0.3, -0.25) is 4.79 Å². The minimum Gasteiger partial charge on any atom is -0.391 e. The molecule has 0 unspecified atom stereocenters. The van der Waals surface area contributed by atoms with E-state index >= 15 is 0 Å². The van der Waals surface area contributed by atoms with E-state index in [-0.39, 0.29) is 10.2 Å². The second-order valence-electron chi connectivity index (χ2n) is 1.72. The zero-order valence-electron chi connectivity index (χ0n) is 5.62. The van der Waals surface area contributed by atoms with Gasteiger partial charge in [0.15, 0.2) is 0 Å². The lowest BCUT2D eigenvalue weighted by molar-refractivity contribution is -0.158. The van der Waals surface area contributed by atoms with Gasteiger partial charge in [-0.05, 0) is 0 Å². The largest absolute Gasteiger partial charge is 0.391 e. The molecule has 0 aliphatic carbocycles. The summed E-state index contributed by atoms with van der Waals surface area (Å²) in [5, 5.41) is 0. The van der Waals surface area contributed by atoms with Gasteiger partial charge in [0, 0.05) is 5.75 Å². The van der Waals surface area contributed by atoms with Gasteiger partial charge in [-0.15, -0.1) is 0 Å². The fourth-order valence-electron chi connectivity index (χ4n) is 0.290. The number of nitrogens with two attached hydrogens (primary N) is 1. The number of thiol groups is 1. The highest BCUT2D eigenvalue weighted by Crippen LogP contribution is 1.92. The van der Waals surface area contributed by atoms with Crippen molar-refractivity contribution in [2.75, 3.05) is 10.2 Å². The van der Waals surface area contributed by atoms with Crippen LogP contribution in [-0.2, 0) is 14.3 Å². The number of hydrogen-bond donors (Lipinski definition) is 2. The van der Waals surface area contributed by atoms with Crippen molar-refractivity contribution >= 4 is 47.2 Å². The van der Waals surface area contributed by atoms with Crippen LogP contribution in [0.4, 0.5) is 0 Å². The molecule has 0 bridgehead atoms. The Hall–Kier alpha value is 0.180. The molecular formula is C5H8INO3S. The number of halogens is 1. The predicted octanol–water partition coefficient (Wildman–Crippen LogP) is -0.252. The Balaban J connectivity index is 3.77. The fraction of sp³-hybridized carbons (Fsp3) is 0.600. The molecule has 0 aromatic rings. The molecule has 4 nitrogen and oxygen atoms in total. The summed E-state index contributed by atoms with van der Waals surface area (Å²) in [7, 11) is 0. The van der Waals surface area contributed by atoms with Crippen LogP contribution in [-0.4, -0.2) is 28.2 Å². The summed E-state index contributed by atoms with van der Waals surface area (Å²) >= 11 is 5.56. The van der Waals surface area contributed by atoms with E-state index < -0.39 is 18.0 Å². The molecule has 0 saturated heterocycles. The van der Waals surface area contributed by atoms with Crippen LogP contribution in [0.5, 0.6) is 0 Å². The second-order valence-corrected chi connectivity index (χ2v) is 2.84. The van der Waals surface area contributed by atoms with Gasteiger partial charge in [0.05, 0.1) is 4.43 Å². The van der Waals surface area contributed by atoms with Gasteiger partial charge in [-0.2, -0.15) is 12.6 Å². The van der Waals surface area contributed by atoms with Crippen molar-refractivity contribution in [3.05, 3.63) is 0 Å². The lowest BCUT2D eigenvalue weighted by atomic mass is 10.4. The Bertz CT molecular complexity index is 164. The first-order valence-corrected chi connectivity index (χ1v) is 4.94. The first kappa shape index (κ1) is 11.2. The molecule has 0 heterocycles. The first-order valence-electron chi connectivity index (χ1n) is 2.78. The SMILES string of the molecule is N[C@@H](CS)C(=O)OC(=O)CI. The minimum absolute atomic E-state index is 0.142. The van der Waals surface area contributed by atoms with E-state index in [9.17, 15) is 9.59 Å². The molecule has 2 N–H and O–H groups in total. The maximum absolute atomic E-state index is 10.7. The van der Waals surface area contributed by atoms with Gasteiger partial charge in [-0.25, -0.2) is 4.79 Å². The van der Waals surface area contributed by atoms with Crippen molar-refractivity contribution < 1.29 is 14.3 Å². The van der Waals surface area contributed by atoms with Crippen molar-refractivity contribution in [2.45, 2.75) is 6.04 Å². The van der Waals surface area contributed by atoms with Crippen molar-refractivity contribution in [1.82, 2.24) is 0 Å². The average molecular weight is 289 g/mol. The third kappa shape index (κ3) is 4.59. The topological polar surface area (TPSA) is 69.4 Å². The summed E-state index contributed by atoms with van der Waals surface area (Å²) in [6, 6.07) is -0.815. The van der Waals surface area contributed by atoms with Crippen LogP contribution in [0.3, 0.4) is 0 Å². The molecule has 0 fully saturated rings. The van der Waals surface area contributed by atoms with Gasteiger partial charge in [-0.1, -0.05) is 22.6 Å². The molecule has 0 spiro atoms. The Labute approximate surface area is 83.4 Å². The zero-order chi connectivity index (χ0) is 8.85. The molecule has 0 aliphatic rings. The highest BCUT2D eigenvalue weighted by Gasteiger charge is 2.15. The van der Waals surface area contributed by atoms with Gasteiger partial charge in [0.1, 0.15) is 6.04 Å². The smallest absolute Gasteiger partial charge is 0.331 e. The molecule has 6 heteroatoms. The lowest BCUT2D eigenvalue weighted by Gasteiger charge is -2.05. The van der Waals surface area contributed by atoms with E-state index in [0.29, 0.717) is 0 Å². The molecule has 0 rings (SSSR count). The molecule has 0 aliphatic heterocycles. The van der Waals surface area contributed by atoms with Crippen LogP contribution in [0.2, 0.25) is 0 Å². The van der Waals surface area contributed by atoms with E-state index in [4.69, 9.17) is 5.73 Å². The molecule has 64 valence electrons. The molecule has 11 heavy (non-hydrogen) atoms. The Morgan fingerprint density at radius 2 is 2.18 bits per heavy atom. The van der Waals surface area contributed by atoms with Gasteiger partial charge in [0.25, 0.3) is 0 Å². The van der Waals surface area contributed by atoms with E-state index in [1.165, 1.54) is 0 Å². The molecule has 0 radical (unpaired) electrons. The van der Waals surface area contributed by atoms with Crippen LogP contribution >= 0.6 is 35.2 Å². The van der Waals surface area contributed by atoms with Crippen molar-refractivity contribution in [1.29, 1.82) is 0 Å². The first-order chi connectivity index (χ1) is 5.11. The summed E-state index contributed by atoms with van der Waals surface area (Å²) in [6.45, 7) is 0. The third-order valence-corrected chi connectivity index (χ3v) is 1.84. The Morgan fingerprint density at radius 3 is 2.55 bits per heavy atom. The summed E-state index contributed by atoms with van der Waals surface area (Å²) in [5.74, 6) is -1.12. The molecule has 0 aromatic carbocycles. The van der Waals surface area contributed by atoms with Gasteiger partial charge in [0.2, 0.25) is 0 Å². The monoisotopic (exact) mass is 289 g/mol. The molecular weight excluding hydrogens is 281 g/mol. The summed E-state index contributed by atoms with van der Waals surface area (Å²) in [6.07, 6.45) is 0. The lowest BCUT2D eigenvalue weighted by Crippen LogP contribution is -2.35. The van der Waals surface area contributed by atoms with Crippen LogP contribution < -0.4 is 5.73 Å². The number of alkyl halides is 1. The van der Waals surface area contributed by atoms with Crippen LogP contribution in [0.15, 0.2) is 0 Å². The van der Waals surface area contributed by atoms with E-state index in [1.807, 2.05) is 0 Å². The minimum atomic E-state index is -0.815. The number of rotatable bonds is 3. The molecule has 0 saturated carbocycles. The Morgan fingerprint density at radius 1 is 1.64 bits per heavy atom. The van der Waals surface area contributed by atoms with Crippen molar-refractivity contribution in [3.8, 4) is 0 Å². The van der Waals surface area contributed by atoms with Crippen LogP contribution in [0, 0.1) is 0 Å². The third-order valence-electron chi connectivity index (χ3n) is 0.823. The summed E-state index contributed by atoms with van der Waals surface area (Å²) in [4.78, 5) is 21.2. The summed E-state index contributed by atoms with van der Waals surface area (Å²) in [5.41, 5.74) is 5.21. The highest BCUT2D eigenvalue weighted by molar-refractivity contribution is 14.1. The Kier molecular flexibility index (Phi) is 5.88. The molecule has 0 amide bonds. The number of ether oxygens (including phenoxy) is 1. The number of esters is 2. The number of hydrogen-bond acceptors (Lipinski definition) is 5. The second kappa shape index (κ2) is 5.78. The van der Waals surface area contributed by atoms with Crippen LogP contribution in [0.1, 0.15) is 0 Å². The van der Waals surface area contributed by atoms with Crippen molar-refractivity contribution in [3.63, 3.8) is 0 Å². The predicted molar refractivity (Wildman–Crippen MR) is 51.8 cm³/mol. The van der Waals surface area contributed by atoms with E-state index in [1.54, 1.807) is 22.6 Å². The van der Waals surface area contributed by atoms with E-state index in [0.717, 1.165) is 0 Å². The quantitative estimate of drug-likeness (QED) is 0.247. The normalized spacial score (nSPS) is 12.3. The number of carbonyl (C=O) groups excluding carboxylic acids is 2. The average Bonchev–Trinajstić information content (AvgIpc) is 2.02. The van der Waals surface area contributed by atoms with Crippen molar-refractivity contribution in [2.24, 2.45) is 5.73 Å². The van der Waals surface area contributed by atoms with Crippen LogP contribution in [0.25, 0.3) is 0 Å². The highest BCUT2D eigenvalue weighted by atomic mass is 127. The summed E-state index contributed by atoms with van der Waals surface area (Å²) < 4.78 is 4.43. The maximum Gasteiger partial charge on any atom is 0.331 e. The standard InChI is InChI=1S/C5H8INO3S/c6-1-4(8)10-5(9)3(7)2-11/h3,11H,1-2,7H2/t3-/m0/s1. The molecule has 0 aromatic heterocycles.